The number of hydrogen-bond donors (Lipinski definition) is 4. The maximum atomic E-state index is 11.4. The molecule has 1 rings (SSSR count). The number of anilines is 1. The van der Waals surface area contributed by atoms with Crippen LogP contribution >= 0.6 is 0 Å². The summed E-state index contributed by atoms with van der Waals surface area (Å²) in [6, 6.07) is 4.60. The van der Waals surface area contributed by atoms with Gasteiger partial charge in [-0.15, -0.1) is 0 Å². The Balaban J connectivity index is 2.21. The zero-order chi connectivity index (χ0) is 17.9. The summed E-state index contributed by atoms with van der Waals surface area (Å²) in [4.78, 5) is 32.3. The molecule has 0 aliphatic carbocycles. The summed E-state index contributed by atoms with van der Waals surface area (Å²) in [5.74, 6) is -0.895. The minimum atomic E-state index is -0.895. The molecule has 0 aliphatic rings. The third kappa shape index (κ3) is 7.43. The van der Waals surface area contributed by atoms with E-state index in [1.54, 1.807) is 19.1 Å². The van der Waals surface area contributed by atoms with Gasteiger partial charge in [-0.1, -0.05) is 6.07 Å². The molecule has 0 saturated heterocycles. The summed E-state index contributed by atoms with van der Waals surface area (Å²) in [7, 11) is 0. The molecule has 2 amide bonds. The molecule has 9 nitrogen and oxygen atoms in total. The van der Waals surface area contributed by atoms with E-state index in [0.29, 0.717) is 38.2 Å². The van der Waals surface area contributed by atoms with E-state index in [-0.39, 0.29) is 18.1 Å². The molecule has 0 radical (unpaired) electrons. The number of nitro groups is 1. The van der Waals surface area contributed by atoms with Gasteiger partial charge in [-0.3, -0.25) is 14.9 Å². The van der Waals surface area contributed by atoms with Crippen LogP contribution in [0.4, 0.5) is 16.2 Å². The van der Waals surface area contributed by atoms with Gasteiger partial charge in [-0.05, 0) is 31.4 Å². The third-order valence-electron chi connectivity index (χ3n) is 3.16. The molecule has 1 aromatic rings. The maximum Gasteiger partial charge on any atom is 0.314 e. The Kier molecular flexibility index (Phi) is 8.03. The Morgan fingerprint density at radius 1 is 1.17 bits per heavy atom. The predicted octanol–water partition coefficient (Wildman–Crippen LogP) is 1.87. The molecule has 9 heteroatoms. The average molecular weight is 338 g/mol. The van der Waals surface area contributed by atoms with Gasteiger partial charge >= 0.3 is 12.0 Å². The summed E-state index contributed by atoms with van der Waals surface area (Å²) in [5, 5.41) is 27.6. The molecule has 1 aromatic carbocycles. The predicted molar refractivity (Wildman–Crippen MR) is 89.2 cm³/mol. The normalized spacial score (nSPS) is 10.0. The fourth-order valence-corrected chi connectivity index (χ4v) is 1.96. The van der Waals surface area contributed by atoms with Crippen molar-refractivity contribution < 1.29 is 19.6 Å². The van der Waals surface area contributed by atoms with Gasteiger partial charge < -0.3 is 21.1 Å². The quantitative estimate of drug-likeness (QED) is 0.292. The van der Waals surface area contributed by atoms with Crippen molar-refractivity contribution in [3.05, 3.63) is 33.9 Å². The number of benzene rings is 1. The number of aliphatic carboxylic acids is 1. The highest BCUT2D eigenvalue weighted by molar-refractivity contribution is 5.73. The van der Waals surface area contributed by atoms with Crippen LogP contribution in [0.2, 0.25) is 0 Å². The molecule has 4 N–H and O–H groups in total. The number of urea groups is 1. The number of aryl methyl sites for hydroxylation is 1. The summed E-state index contributed by atoms with van der Waals surface area (Å²) in [5.41, 5.74) is 1.29. The van der Waals surface area contributed by atoms with E-state index in [4.69, 9.17) is 5.11 Å². The number of carbonyl (C=O) groups excluding carboxylic acids is 1. The first-order valence-corrected chi connectivity index (χ1v) is 7.62. The van der Waals surface area contributed by atoms with E-state index < -0.39 is 10.9 Å². The first-order valence-electron chi connectivity index (χ1n) is 7.62. The Hall–Kier alpha value is -2.84. The Morgan fingerprint density at radius 2 is 1.83 bits per heavy atom. The van der Waals surface area contributed by atoms with Crippen molar-refractivity contribution >= 4 is 23.4 Å². The second-order valence-corrected chi connectivity index (χ2v) is 5.24. The summed E-state index contributed by atoms with van der Waals surface area (Å²) in [6.45, 7) is 2.96. The standard InChI is InChI=1S/C15H22N4O5/c1-11-5-6-12(13(10-11)19(23)24)16-8-3-9-18-15(22)17-7-2-4-14(20)21/h5-6,10,16H,2-4,7-9H2,1H3,(H,20,21)(H2,17,18,22). The molecule has 132 valence electrons. The lowest BCUT2D eigenvalue weighted by Crippen LogP contribution is -2.37. The molecule has 0 unspecified atom stereocenters. The maximum absolute atomic E-state index is 11.4. The van der Waals surface area contributed by atoms with Crippen LogP contribution in [0.25, 0.3) is 0 Å². The number of carboxylic acids is 1. The number of rotatable bonds is 10. The summed E-state index contributed by atoms with van der Waals surface area (Å²) < 4.78 is 0. The van der Waals surface area contributed by atoms with E-state index in [1.165, 1.54) is 6.07 Å². The first-order chi connectivity index (χ1) is 11.4. The van der Waals surface area contributed by atoms with E-state index >= 15 is 0 Å². The monoisotopic (exact) mass is 338 g/mol. The molecule has 0 bridgehead atoms. The van der Waals surface area contributed by atoms with Gasteiger partial charge in [0.05, 0.1) is 4.92 Å². The molecule has 24 heavy (non-hydrogen) atoms. The van der Waals surface area contributed by atoms with Crippen LogP contribution in [-0.2, 0) is 4.79 Å². The van der Waals surface area contributed by atoms with Crippen LogP contribution in [0.1, 0.15) is 24.8 Å². The highest BCUT2D eigenvalue weighted by Crippen LogP contribution is 2.24. The Labute approximate surface area is 139 Å². The number of nitro benzene ring substituents is 1. The largest absolute Gasteiger partial charge is 0.481 e. The fourth-order valence-electron chi connectivity index (χ4n) is 1.96. The second-order valence-electron chi connectivity index (χ2n) is 5.24. The molecule has 0 aromatic heterocycles. The van der Waals surface area contributed by atoms with Crippen LogP contribution in [0.15, 0.2) is 18.2 Å². The number of carbonyl (C=O) groups is 2. The van der Waals surface area contributed by atoms with E-state index in [0.717, 1.165) is 5.56 Å². The zero-order valence-electron chi connectivity index (χ0n) is 13.5. The van der Waals surface area contributed by atoms with E-state index in [9.17, 15) is 19.7 Å². The number of carboxylic acid groups (broad SMARTS) is 1. The van der Waals surface area contributed by atoms with Crippen molar-refractivity contribution in [2.75, 3.05) is 25.0 Å². The van der Waals surface area contributed by atoms with Gasteiger partial charge in [0.25, 0.3) is 5.69 Å². The lowest BCUT2D eigenvalue weighted by atomic mass is 10.2. The average Bonchev–Trinajstić information content (AvgIpc) is 2.52. The SMILES string of the molecule is Cc1ccc(NCCCNC(=O)NCCCC(=O)O)c([N+](=O)[O-])c1. The fraction of sp³-hybridized carbons (Fsp3) is 0.467. The lowest BCUT2D eigenvalue weighted by molar-refractivity contribution is -0.384. The molecule has 0 heterocycles. The van der Waals surface area contributed by atoms with Crippen molar-refractivity contribution in [3.8, 4) is 0 Å². The minimum Gasteiger partial charge on any atom is -0.481 e. The van der Waals surface area contributed by atoms with Crippen molar-refractivity contribution in [1.29, 1.82) is 0 Å². The molecular formula is C15H22N4O5. The molecule has 0 atom stereocenters. The smallest absolute Gasteiger partial charge is 0.314 e. The lowest BCUT2D eigenvalue weighted by Gasteiger charge is -2.09. The van der Waals surface area contributed by atoms with Gasteiger partial charge in [0.1, 0.15) is 5.69 Å². The summed E-state index contributed by atoms with van der Waals surface area (Å²) in [6.07, 6.45) is 0.981. The number of nitrogens with zero attached hydrogens (tertiary/aromatic N) is 1. The highest BCUT2D eigenvalue weighted by atomic mass is 16.6. The van der Waals surface area contributed by atoms with Crippen LogP contribution < -0.4 is 16.0 Å². The molecular weight excluding hydrogens is 316 g/mol. The van der Waals surface area contributed by atoms with Crippen molar-refractivity contribution in [2.45, 2.75) is 26.2 Å². The molecule has 0 aliphatic heterocycles. The molecule has 0 saturated carbocycles. The van der Waals surface area contributed by atoms with E-state index in [1.807, 2.05) is 0 Å². The van der Waals surface area contributed by atoms with Crippen molar-refractivity contribution in [2.24, 2.45) is 0 Å². The Bertz CT molecular complexity index is 591. The van der Waals surface area contributed by atoms with Crippen molar-refractivity contribution in [3.63, 3.8) is 0 Å². The van der Waals surface area contributed by atoms with Crippen molar-refractivity contribution in [1.82, 2.24) is 10.6 Å². The van der Waals surface area contributed by atoms with Gasteiger partial charge in [-0.2, -0.15) is 0 Å². The van der Waals surface area contributed by atoms with Crippen LogP contribution in [0.5, 0.6) is 0 Å². The number of amides is 2. The van der Waals surface area contributed by atoms with Crippen LogP contribution in [0, 0.1) is 17.0 Å². The van der Waals surface area contributed by atoms with Crippen LogP contribution in [0.3, 0.4) is 0 Å². The second kappa shape index (κ2) is 10.0. The molecule has 0 fully saturated rings. The number of nitrogens with one attached hydrogen (secondary N) is 3. The molecule has 0 spiro atoms. The van der Waals surface area contributed by atoms with Gasteiger partial charge in [-0.25, -0.2) is 4.79 Å². The van der Waals surface area contributed by atoms with Gasteiger partial charge in [0.2, 0.25) is 0 Å². The third-order valence-corrected chi connectivity index (χ3v) is 3.16. The number of hydrogen-bond acceptors (Lipinski definition) is 5. The highest BCUT2D eigenvalue weighted by Gasteiger charge is 2.12. The van der Waals surface area contributed by atoms with Crippen LogP contribution in [-0.4, -0.2) is 41.7 Å². The Morgan fingerprint density at radius 3 is 2.46 bits per heavy atom. The van der Waals surface area contributed by atoms with E-state index in [2.05, 4.69) is 16.0 Å². The minimum absolute atomic E-state index is 0.0134. The topological polar surface area (TPSA) is 134 Å². The zero-order valence-corrected chi connectivity index (χ0v) is 13.5. The summed E-state index contributed by atoms with van der Waals surface area (Å²) >= 11 is 0. The first kappa shape index (κ1) is 19.2. The van der Waals surface area contributed by atoms with Gasteiger partial charge in [0.15, 0.2) is 0 Å². The van der Waals surface area contributed by atoms with Gasteiger partial charge in [0, 0.05) is 32.1 Å².